The molecule has 6 aromatic carbocycles. The van der Waals surface area contributed by atoms with Crippen LogP contribution in [0.5, 0.6) is 0 Å². The molecule has 8 aromatic rings. The summed E-state index contributed by atoms with van der Waals surface area (Å²) in [4.78, 5) is 68.3. The smallest absolute Gasteiger partial charge is 0.414 e. The number of aromatic nitrogens is 4. The van der Waals surface area contributed by atoms with Crippen LogP contribution in [0, 0.1) is 27.7 Å². The summed E-state index contributed by atoms with van der Waals surface area (Å²) < 4.78 is 27.7. The first-order chi connectivity index (χ1) is 39.9. The zero-order valence-electron chi connectivity index (χ0n) is 53.5. The Hall–Kier alpha value is -7.82. The number of hydrogen-bond donors (Lipinski definition) is 2. The number of nitrogens with zero attached hydrogens (tertiary/aromatic N) is 6. The molecule has 0 saturated heterocycles. The highest BCUT2D eigenvalue weighted by Crippen LogP contribution is 2.33. The molecule has 2 aromatic heterocycles. The van der Waals surface area contributed by atoms with Gasteiger partial charge < -0.3 is 43.8 Å². The molecule has 16 nitrogen and oxygen atoms in total. The maximum absolute atomic E-state index is 14.3. The number of hydrogen-bond acceptors (Lipinski definition) is 10. The largest absolute Gasteiger partial charge is 1.00 e. The molecule has 0 atom stereocenters. The van der Waals surface area contributed by atoms with Crippen molar-refractivity contribution in [1.82, 2.24) is 9.97 Å². The third-order valence-electron chi connectivity index (χ3n) is 14.1. The summed E-state index contributed by atoms with van der Waals surface area (Å²) in [5.41, 5.74) is 11.3. The standard InChI is InChI=1S/C69H84N8O8.2ClH/c1-44-33-35-50(72-62(78)82-66(5,6)7)47(4)61(44)77-56-32-26-25-31-51(56)70-52-36-34-49(41-58(52)77)74(64(80)84-68(11,12)13)37-27-20-18-17-19-21-28-38-75(65(81)85-69(14,15)16)57-43-60-55(40-46(57)3)71-54-39-45(2)53(73-63(79)83-67(8,9)10)42-59(54)76(60)48-29-23-22-24-30-48;;/h22-26,29-36,39-43H,17-21,27-28,37-38H2,1-16H3;2*1H. The fourth-order valence-electron chi connectivity index (χ4n) is 10.5. The van der Waals surface area contributed by atoms with Gasteiger partial charge in [0.1, 0.15) is 44.5 Å². The fourth-order valence-corrected chi connectivity index (χ4v) is 10.5. The number of benzene rings is 6. The lowest BCUT2D eigenvalue weighted by Gasteiger charge is -2.28. The number of nitrogens with one attached hydrogen (secondary N) is 2. The second-order valence-electron chi connectivity index (χ2n) is 26.1. The molecule has 0 saturated carbocycles. The number of amides is 4. The van der Waals surface area contributed by atoms with Crippen molar-refractivity contribution in [3.63, 3.8) is 0 Å². The Balaban J connectivity index is 0.00000605. The van der Waals surface area contributed by atoms with Gasteiger partial charge in [-0.1, -0.05) is 68.5 Å². The van der Waals surface area contributed by atoms with E-state index >= 15 is 0 Å². The van der Waals surface area contributed by atoms with Gasteiger partial charge in [0.15, 0.2) is 0 Å². The monoisotopic (exact) mass is 1220 g/mol. The Kier molecular flexibility index (Phi) is 21.9. The average Bonchev–Trinajstić information content (AvgIpc) is 0.794. The highest BCUT2D eigenvalue weighted by molar-refractivity contribution is 5.96. The van der Waals surface area contributed by atoms with E-state index in [4.69, 9.17) is 28.9 Å². The molecule has 0 fully saturated rings. The summed E-state index contributed by atoms with van der Waals surface area (Å²) in [5, 5.41) is 5.92. The summed E-state index contributed by atoms with van der Waals surface area (Å²) in [6.07, 6.45) is 4.19. The molecular formula is C69H86Cl2N8O8. The number of rotatable bonds is 16. The number of fused-ring (bicyclic) bond motifs is 4. The van der Waals surface area contributed by atoms with Gasteiger partial charge in [-0.2, -0.15) is 0 Å². The Bertz CT molecular complexity index is 3810. The van der Waals surface area contributed by atoms with Crippen LogP contribution in [0.25, 0.3) is 55.5 Å². The second-order valence-corrected chi connectivity index (χ2v) is 26.1. The lowest BCUT2D eigenvalue weighted by molar-refractivity contribution is -0.539. The highest BCUT2D eigenvalue weighted by atomic mass is 35.5. The zero-order valence-corrected chi connectivity index (χ0v) is 55.0. The van der Waals surface area contributed by atoms with Gasteiger partial charge in [0.05, 0.1) is 22.7 Å². The number of anilines is 4. The van der Waals surface area contributed by atoms with Crippen molar-refractivity contribution in [3.05, 3.63) is 131 Å². The second kappa shape index (κ2) is 27.9. The molecule has 0 aliphatic rings. The van der Waals surface area contributed by atoms with Gasteiger partial charge in [-0.3, -0.25) is 20.4 Å². The molecule has 2 heterocycles. The van der Waals surface area contributed by atoms with Crippen LogP contribution in [-0.2, 0) is 18.9 Å². The fraction of sp³-hybridized carbons (Fsp3) is 0.420. The first-order valence-corrected chi connectivity index (χ1v) is 29.7. The van der Waals surface area contributed by atoms with Crippen molar-refractivity contribution < 1.29 is 72.1 Å². The van der Waals surface area contributed by atoms with E-state index < -0.39 is 46.8 Å². The van der Waals surface area contributed by atoms with Gasteiger partial charge in [-0.05, 0) is 171 Å². The molecule has 0 aliphatic heterocycles. The van der Waals surface area contributed by atoms with Gasteiger partial charge in [0.25, 0.3) is 0 Å². The molecule has 0 spiro atoms. The third kappa shape index (κ3) is 17.5. The predicted molar refractivity (Wildman–Crippen MR) is 340 cm³/mol. The molecule has 87 heavy (non-hydrogen) atoms. The van der Waals surface area contributed by atoms with E-state index in [2.05, 4.69) is 19.8 Å². The maximum Gasteiger partial charge on any atom is 0.414 e. The summed E-state index contributed by atoms with van der Waals surface area (Å²) in [5.74, 6) is 0. The number of para-hydroxylation sites is 3. The Morgan fingerprint density at radius 1 is 0.437 bits per heavy atom. The number of halogens is 2. The molecule has 8 rings (SSSR count). The normalized spacial score (nSPS) is 11.9. The molecule has 18 heteroatoms. The lowest BCUT2D eigenvalue weighted by atomic mass is 10.0. The van der Waals surface area contributed by atoms with E-state index in [0.717, 1.165) is 128 Å². The first-order valence-electron chi connectivity index (χ1n) is 29.7. The Labute approximate surface area is 525 Å². The van der Waals surface area contributed by atoms with E-state index in [-0.39, 0.29) is 24.8 Å². The van der Waals surface area contributed by atoms with Crippen molar-refractivity contribution >= 4 is 91.3 Å². The van der Waals surface area contributed by atoms with Crippen molar-refractivity contribution in [2.45, 2.75) is 178 Å². The minimum atomic E-state index is -0.729. The van der Waals surface area contributed by atoms with Crippen LogP contribution in [0.1, 0.15) is 150 Å². The number of unbranched alkanes of at least 4 members (excludes halogenated alkanes) is 6. The molecule has 4 amide bonds. The average molecular weight is 1230 g/mol. The van der Waals surface area contributed by atoms with Gasteiger partial charge in [-0.15, -0.1) is 9.13 Å². The van der Waals surface area contributed by atoms with Crippen LogP contribution < -0.4 is 54.4 Å². The van der Waals surface area contributed by atoms with Crippen LogP contribution in [0.3, 0.4) is 0 Å². The van der Waals surface area contributed by atoms with E-state index in [0.29, 0.717) is 30.2 Å². The van der Waals surface area contributed by atoms with E-state index in [1.54, 1.807) is 9.80 Å². The molecule has 0 radical (unpaired) electrons. The summed E-state index contributed by atoms with van der Waals surface area (Å²) >= 11 is 0. The zero-order chi connectivity index (χ0) is 61.8. The SMILES string of the molecule is Cc1cc2nc3cc(C)c(N(CCCCCCCCCN(C(=O)OC(C)(C)C)c4ccc5nc6ccccc6[n+](-c6c(C)ccc(NC(=O)OC(C)(C)C)c6C)c5c4)C(=O)OC(C)(C)C)cc3[n+](-c3ccccc3)c2cc1NC(=O)OC(C)(C)C.[Cl-].[Cl-]. The van der Waals surface area contributed by atoms with Crippen LogP contribution in [0.15, 0.2) is 109 Å². The third-order valence-corrected chi connectivity index (χ3v) is 14.1. The first kappa shape index (κ1) is 68.3. The van der Waals surface area contributed by atoms with Crippen molar-refractivity contribution in [2.75, 3.05) is 33.5 Å². The van der Waals surface area contributed by atoms with Crippen LogP contribution in [0.2, 0.25) is 0 Å². The minimum absolute atomic E-state index is 0. The minimum Gasteiger partial charge on any atom is -1.00 e. The van der Waals surface area contributed by atoms with Gasteiger partial charge >= 0.3 is 24.4 Å². The van der Waals surface area contributed by atoms with Crippen molar-refractivity contribution in [2.24, 2.45) is 0 Å². The Morgan fingerprint density at radius 3 is 1.49 bits per heavy atom. The molecule has 0 bridgehead atoms. The number of carbonyl (C=O) groups excluding carboxylic acids is 4. The summed E-state index contributed by atoms with van der Waals surface area (Å²) in [6, 6.07) is 35.7. The van der Waals surface area contributed by atoms with Gasteiger partial charge in [-0.25, -0.2) is 29.1 Å². The van der Waals surface area contributed by atoms with E-state index in [1.807, 2.05) is 220 Å². The quantitative estimate of drug-likeness (QED) is 0.0411. The number of ether oxygens (including phenoxy) is 4. The molecule has 2 N–H and O–H groups in total. The summed E-state index contributed by atoms with van der Waals surface area (Å²) in [6.45, 7) is 31.1. The van der Waals surface area contributed by atoms with Crippen LogP contribution in [0.4, 0.5) is 41.9 Å². The summed E-state index contributed by atoms with van der Waals surface area (Å²) in [7, 11) is 0. The van der Waals surface area contributed by atoms with Crippen LogP contribution in [-0.4, -0.2) is 69.8 Å². The highest BCUT2D eigenvalue weighted by Gasteiger charge is 2.32. The predicted octanol–water partition coefficient (Wildman–Crippen LogP) is 10.5. The van der Waals surface area contributed by atoms with Crippen molar-refractivity contribution in [3.8, 4) is 11.4 Å². The van der Waals surface area contributed by atoms with E-state index in [9.17, 15) is 19.2 Å². The number of aryl methyl sites for hydroxylation is 3. The molecule has 0 unspecified atom stereocenters. The lowest BCUT2D eigenvalue weighted by Crippen LogP contribution is -3.00. The van der Waals surface area contributed by atoms with Gasteiger partial charge in [0, 0.05) is 60.6 Å². The Morgan fingerprint density at radius 2 is 0.908 bits per heavy atom. The molecule has 464 valence electrons. The number of carbonyl (C=O) groups is 4. The maximum atomic E-state index is 14.3. The molecular weight excluding hydrogens is 1140 g/mol. The molecule has 0 aliphatic carbocycles. The van der Waals surface area contributed by atoms with E-state index in [1.165, 1.54) is 0 Å². The van der Waals surface area contributed by atoms with Gasteiger partial charge in [0.2, 0.25) is 33.4 Å². The topological polar surface area (TPSA) is 169 Å². The van der Waals surface area contributed by atoms with Crippen molar-refractivity contribution in [1.29, 1.82) is 0 Å². The van der Waals surface area contributed by atoms with Crippen LogP contribution >= 0.6 is 0 Å².